The molecule has 0 aromatic rings. The highest BCUT2D eigenvalue weighted by Gasteiger charge is 2.15. The molecular formula is C8H16NP. The molecule has 0 saturated carbocycles. The summed E-state index contributed by atoms with van der Waals surface area (Å²) >= 11 is 0. The fourth-order valence-corrected chi connectivity index (χ4v) is 3.67. The second kappa shape index (κ2) is 4.10. The quantitative estimate of drug-likeness (QED) is 0.480. The summed E-state index contributed by atoms with van der Waals surface area (Å²) in [6, 6.07) is 0.503. The third kappa shape index (κ3) is 2.40. The average Bonchev–Trinajstić information content (AvgIpc) is 1.95. The van der Waals surface area contributed by atoms with Crippen LogP contribution in [0.25, 0.3) is 0 Å². The van der Waals surface area contributed by atoms with Crippen LogP contribution in [0.1, 0.15) is 12.8 Å². The molecule has 1 nitrogen and oxygen atoms in total. The zero-order valence-electron chi connectivity index (χ0n) is 6.42. The summed E-state index contributed by atoms with van der Waals surface area (Å²) < 4.78 is 0. The van der Waals surface area contributed by atoms with E-state index < -0.39 is 0 Å². The Labute approximate surface area is 64.4 Å². The Morgan fingerprint density at radius 3 is 2.60 bits per heavy atom. The van der Waals surface area contributed by atoms with Crippen molar-refractivity contribution in [1.82, 2.24) is 0 Å². The van der Waals surface area contributed by atoms with Gasteiger partial charge >= 0.3 is 0 Å². The van der Waals surface area contributed by atoms with E-state index in [1.54, 1.807) is 0 Å². The standard InChI is InChI=1S/C8H16NP/c1-2-5-10-6-3-8(9)4-7-10/h2,8H,1,3-7,9H2. The predicted octanol–water partition coefficient (Wildman–Crippen LogP) is 1.78. The summed E-state index contributed by atoms with van der Waals surface area (Å²) in [6.45, 7) is 3.76. The van der Waals surface area contributed by atoms with Crippen LogP contribution in [0.4, 0.5) is 0 Å². The van der Waals surface area contributed by atoms with Crippen molar-refractivity contribution >= 4 is 7.92 Å². The Kier molecular flexibility index (Phi) is 3.37. The number of hydrogen-bond acceptors (Lipinski definition) is 1. The van der Waals surface area contributed by atoms with E-state index in [0.717, 1.165) is 0 Å². The molecule has 2 heteroatoms. The lowest BCUT2D eigenvalue weighted by Gasteiger charge is -2.25. The second-order valence-corrected chi connectivity index (χ2v) is 5.53. The molecular weight excluding hydrogens is 141 g/mol. The molecule has 0 radical (unpaired) electrons. The number of hydrogen-bond donors (Lipinski definition) is 1. The van der Waals surface area contributed by atoms with Crippen LogP contribution in [0.2, 0.25) is 0 Å². The normalized spacial score (nSPS) is 33.7. The van der Waals surface area contributed by atoms with Crippen LogP contribution in [0.3, 0.4) is 0 Å². The van der Waals surface area contributed by atoms with Crippen LogP contribution < -0.4 is 5.73 Å². The monoisotopic (exact) mass is 157 g/mol. The van der Waals surface area contributed by atoms with E-state index in [1.807, 2.05) is 0 Å². The number of rotatable bonds is 2. The highest BCUT2D eigenvalue weighted by atomic mass is 31.1. The van der Waals surface area contributed by atoms with Crippen LogP contribution in [0, 0.1) is 0 Å². The van der Waals surface area contributed by atoms with E-state index in [1.165, 1.54) is 31.3 Å². The fraction of sp³-hybridized carbons (Fsp3) is 0.750. The first-order valence-corrected chi connectivity index (χ1v) is 5.81. The van der Waals surface area contributed by atoms with Gasteiger partial charge in [0.15, 0.2) is 0 Å². The first-order chi connectivity index (χ1) is 4.83. The van der Waals surface area contributed by atoms with Crippen molar-refractivity contribution in [3.8, 4) is 0 Å². The number of allylic oxidation sites excluding steroid dienone is 1. The maximum atomic E-state index is 5.78. The van der Waals surface area contributed by atoms with Crippen LogP contribution in [0.15, 0.2) is 12.7 Å². The van der Waals surface area contributed by atoms with Crippen LogP contribution in [-0.4, -0.2) is 24.5 Å². The largest absolute Gasteiger partial charge is 0.328 e. The van der Waals surface area contributed by atoms with Gasteiger partial charge in [0.1, 0.15) is 0 Å². The molecule has 0 aliphatic carbocycles. The minimum absolute atomic E-state index is 0.303. The third-order valence-electron chi connectivity index (χ3n) is 2.02. The second-order valence-electron chi connectivity index (χ2n) is 2.93. The van der Waals surface area contributed by atoms with Gasteiger partial charge in [-0.1, -0.05) is 6.08 Å². The summed E-state index contributed by atoms with van der Waals surface area (Å²) in [5.41, 5.74) is 5.78. The molecule has 0 amide bonds. The molecule has 58 valence electrons. The highest BCUT2D eigenvalue weighted by Crippen LogP contribution is 2.40. The fourth-order valence-electron chi connectivity index (χ4n) is 1.32. The van der Waals surface area contributed by atoms with Gasteiger partial charge in [-0.05, 0) is 31.3 Å². The van der Waals surface area contributed by atoms with Crippen molar-refractivity contribution in [2.45, 2.75) is 18.9 Å². The minimum Gasteiger partial charge on any atom is -0.328 e. The van der Waals surface area contributed by atoms with E-state index in [9.17, 15) is 0 Å². The Morgan fingerprint density at radius 2 is 2.10 bits per heavy atom. The van der Waals surface area contributed by atoms with Crippen molar-refractivity contribution in [3.05, 3.63) is 12.7 Å². The van der Waals surface area contributed by atoms with Crippen LogP contribution in [0.5, 0.6) is 0 Å². The van der Waals surface area contributed by atoms with E-state index in [0.29, 0.717) is 14.0 Å². The Hall–Kier alpha value is 0.130. The van der Waals surface area contributed by atoms with Gasteiger partial charge in [0.05, 0.1) is 0 Å². The highest BCUT2D eigenvalue weighted by molar-refractivity contribution is 7.57. The van der Waals surface area contributed by atoms with Gasteiger partial charge in [0.2, 0.25) is 0 Å². The lowest BCUT2D eigenvalue weighted by atomic mass is 10.2. The Morgan fingerprint density at radius 1 is 1.50 bits per heavy atom. The molecule has 1 aliphatic rings. The summed E-state index contributed by atoms with van der Waals surface area (Å²) in [7, 11) is 0.303. The molecule has 1 fully saturated rings. The van der Waals surface area contributed by atoms with E-state index in [-0.39, 0.29) is 0 Å². The first-order valence-electron chi connectivity index (χ1n) is 3.92. The molecule has 1 aliphatic heterocycles. The maximum absolute atomic E-state index is 5.78. The molecule has 0 aromatic heterocycles. The van der Waals surface area contributed by atoms with Crippen molar-refractivity contribution in [2.24, 2.45) is 5.73 Å². The lowest BCUT2D eigenvalue weighted by Crippen LogP contribution is -2.26. The summed E-state index contributed by atoms with van der Waals surface area (Å²) in [4.78, 5) is 0. The SMILES string of the molecule is C=CCP1CCC(N)CC1. The van der Waals surface area contributed by atoms with Crippen molar-refractivity contribution in [3.63, 3.8) is 0 Å². The first kappa shape index (κ1) is 8.23. The summed E-state index contributed by atoms with van der Waals surface area (Å²) in [5, 5.41) is 0. The molecule has 10 heavy (non-hydrogen) atoms. The van der Waals surface area contributed by atoms with Crippen LogP contribution in [-0.2, 0) is 0 Å². The van der Waals surface area contributed by atoms with Crippen molar-refractivity contribution < 1.29 is 0 Å². The average molecular weight is 157 g/mol. The van der Waals surface area contributed by atoms with E-state index in [4.69, 9.17) is 5.73 Å². The van der Waals surface area contributed by atoms with Gasteiger partial charge in [-0.3, -0.25) is 0 Å². The molecule has 0 spiro atoms. The molecule has 0 aromatic carbocycles. The molecule has 0 atom stereocenters. The van der Waals surface area contributed by atoms with Gasteiger partial charge in [-0.15, -0.1) is 14.5 Å². The van der Waals surface area contributed by atoms with Gasteiger partial charge in [0.25, 0.3) is 0 Å². The van der Waals surface area contributed by atoms with Gasteiger partial charge in [-0.25, -0.2) is 0 Å². The molecule has 0 bridgehead atoms. The molecule has 0 unspecified atom stereocenters. The maximum Gasteiger partial charge on any atom is 0.00455 e. The third-order valence-corrected chi connectivity index (χ3v) is 4.58. The lowest BCUT2D eigenvalue weighted by molar-refractivity contribution is 0.617. The Balaban J connectivity index is 2.19. The summed E-state index contributed by atoms with van der Waals surface area (Å²) in [6.07, 6.45) is 8.56. The van der Waals surface area contributed by atoms with Gasteiger partial charge < -0.3 is 5.73 Å². The topological polar surface area (TPSA) is 26.0 Å². The number of nitrogens with two attached hydrogens (primary N) is 1. The van der Waals surface area contributed by atoms with E-state index in [2.05, 4.69) is 12.7 Å². The van der Waals surface area contributed by atoms with Gasteiger partial charge in [0, 0.05) is 6.04 Å². The van der Waals surface area contributed by atoms with Crippen molar-refractivity contribution in [2.75, 3.05) is 18.5 Å². The van der Waals surface area contributed by atoms with Crippen molar-refractivity contribution in [1.29, 1.82) is 0 Å². The zero-order valence-corrected chi connectivity index (χ0v) is 7.32. The van der Waals surface area contributed by atoms with Crippen LogP contribution >= 0.6 is 7.92 Å². The molecule has 1 saturated heterocycles. The predicted molar refractivity (Wildman–Crippen MR) is 48.9 cm³/mol. The summed E-state index contributed by atoms with van der Waals surface area (Å²) in [5.74, 6) is 0. The zero-order chi connectivity index (χ0) is 7.40. The Bertz CT molecular complexity index is 106. The molecule has 1 rings (SSSR count). The molecule has 2 N–H and O–H groups in total. The minimum atomic E-state index is 0.303. The van der Waals surface area contributed by atoms with Gasteiger partial charge in [-0.2, -0.15) is 0 Å². The molecule has 1 heterocycles. The smallest absolute Gasteiger partial charge is 0.00455 e. The van der Waals surface area contributed by atoms with E-state index >= 15 is 0 Å².